The third-order valence-electron chi connectivity index (χ3n) is 2.02. The largest absolute Gasteiger partial charge is 0.477 e. The maximum Gasteiger partial charge on any atom is 0.352 e. The molecule has 17 heavy (non-hydrogen) atoms. The van der Waals surface area contributed by atoms with E-state index in [1.165, 1.54) is 6.92 Å². The molecule has 1 aromatic heterocycles. The fourth-order valence-electron chi connectivity index (χ4n) is 1.23. The van der Waals surface area contributed by atoms with Crippen LogP contribution in [0.4, 0.5) is 8.78 Å². The van der Waals surface area contributed by atoms with Crippen molar-refractivity contribution in [3.8, 4) is 0 Å². The van der Waals surface area contributed by atoms with Gasteiger partial charge in [-0.15, -0.1) is 0 Å². The van der Waals surface area contributed by atoms with Gasteiger partial charge in [0.25, 0.3) is 6.43 Å². The minimum atomic E-state index is -4.12. The number of hydrogen-bond donors (Lipinski definition) is 3. The van der Waals surface area contributed by atoms with Crippen molar-refractivity contribution in [3.63, 3.8) is 0 Å². The minimum Gasteiger partial charge on any atom is -0.477 e. The van der Waals surface area contributed by atoms with Gasteiger partial charge in [-0.1, -0.05) is 0 Å². The molecule has 0 saturated carbocycles. The molecule has 0 fully saturated rings. The van der Waals surface area contributed by atoms with Gasteiger partial charge in [0.1, 0.15) is 10.6 Å². The Labute approximate surface area is 95.7 Å². The van der Waals surface area contributed by atoms with Crippen molar-refractivity contribution in [1.29, 1.82) is 0 Å². The Morgan fingerprint density at radius 3 is 2.59 bits per heavy atom. The molecule has 0 amide bonds. The fraction of sp³-hybridized carbons (Fsp3) is 0.375. The Morgan fingerprint density at radius 1 is 1.59 bits per heavy atom. The predicted molar refractivity (Wildman–Crippen MR) is 53.7 cm³/mol. The van der Waals surface area contributed by atoms with E-state index in [1.807, 2.05) is 0 Å². The van der Waals surface area contributed by atoms with Gasteiger partial charge in [0.15, 0.2) is 0 Å². The number of aromatic nitrogens is 1. The number of rotatable bonds is 5. The molecule has 0 atom stereocenters. The van der Waals surface area contributed by atoms with Crippen LogP contribution in [0, 0.1) is 6.92 Å². The van der Waals surface area contributed by atoms with E-state index >= 15 is 0 Å². The molecule has 0 saturated heterocycles. The van der Waals surface area contributed by atoms with Crippen LogP contribution in [-0.2, 0) is 10.0 Å². The van der Waals surface area contributed by atoms with Crippen LogP contribution in [0.25, 0.3) is 0 Å². The SMILES string of the molecule is Cc1c(S(=O)(=O)NCC(F)F)c[nH]c1C(=O)O. The molecule has 0 aliphatic rings. The zero-order valence-corrected chi connectivity index (χ0v) is 9.51. The number of sulfonamides is 1. The Bertz CT molecular complexity index is 524. The van der Waals surface area contributed by atoms with E-state index in [2.05, 4.69) is 4.98 Å². The van der Waals surface area contributed by atoms with E-state index in [9.17, 15) is 22.0 Å². The molecule has 96 valence electrons. The van der Waals surface area contributed by atoms with Gasteiger partial charge in [0.05, 0.1) is 6.54 Å². The maximum absolute atomic E-state index is 11.9. The molecular weight excluding hydrogens is 258 g/mol. The van der Waals surface area contributed by atoms with Crippen LogP contribution in [0.1, 0.15) is 16.1 Å². The number of carboxylic acid groups (broad SMARTS) is 1. The Balaban J connectivity index is 3.04. The second kappa shape index (κ2) is 4.80. The molecule has 0 aliphatic heterocycles. The van der Waals surface area contributed by atoms with Gasteiger partial charge in [0, 0.05) is 11.8 Å². The van der Waals surface area contributed by atoms with E-state index in [-0.39, 0.29) is 16.2 Å². The number of hydrogen-bond acceptors (Lipinski definition) is 3. The number of aromatic carboxylic acids is 1. The van der Waals surface area contributed by atoms with Gasteiger partial charge in [-0.05, 0) is 6.92 Å². The highest BCUT2D eigenvalue weighted by atomic mass is 32.2. The van der Waals surface area contributed by atoms with Gasteiger partial charge < -0.3 is 10.1 Å². The molecule has 0 radical (unpaired) electrons. The highest BCUT2D eigenvalue weighted by Gasteiger charge is 2.23. The van der Waals surface area contributed by atoms with Crippen LogP contribution in [0.15, 0.2) is 11.1 Å². The van der Waals surface area contributed by atoms with E-state index in [0.717, 1.165) is 6.20 Å². The molecule has 1 heterocycles. The summed E-state index contributed by atoms with van der Waals surface area (Å²) in [7, 11) is -4.12. The summed E-state index contributed by atoms with van der Waals surface area (Å²) in [5.74, 6) is -1.32. The van der Waals surface area contributed by atoms with Crippen molar-refractivity contribution in [3.05, 3.63) is 17.5 Å². The van der Waals surface area contributed by atoms with E-state index < -0.39 is 29.0 Å². The van der Waals surface area contributed by atoms with Crippen LogP contribution < -0.4 is 4.72 Å². The summed E-state index contributed by atoms with van der Waals surface area (Å²) >= 11 is 0. The lowest BCUT2D eigenvalue weighted by Crippen LogP contribution is -2.28. The van der Waals surface area contributed by atoms with Crippen molar-refractivity contribution in [2.24, 2.45) is 0 Å². The van der Waals surface area contributed by atoms with Gasteiger partial charge >= 0.3 is 5.97 Å². The first kappa shape index (κ1) is 13.6. The van der Waals surface area contributed by atoms with Crippen LogP contribution in [0.3, 0.4) is 0 Å². The summed E-state index contributed by atoms with van der Waals surface area (Å²) in [6.07, 6.45) is -1.87. The molecule has 1 rings (SSSR count). The van der Waals surface area contributed by atoms with Crippen LogP contribution >= 0.6 is 0 Å². The lowest BCUT2D eigenvalue weighted by Gasteiger charge is -2.05. The first-order valence-corrected chi connectivity index (χ1v) is 5.93. The number of H-pyrrole nitrogens is 1. The molecule has 0 aromatic carbocycles. The standard InChI is InChI=1S/C8H10F2N2O4S/c1-4-5(2-11-7(4)8(13)14)17(15,16)12-3-6(9)10/h2,6,11-12H,3H2,1H3,(H,13,14). The second-order valence-electron chi connectivity index (χ2n) is 3.20. The number of alkyl halides is 2. The monoisotopic (exact) mass is 268 g/mol. The molecule has 6 nitrogen and oxygen atoms in total. The molecule has 0 aliphatic carbocycles. The third kappa shape index (κ3) is 3.01. The van der Waals surface area contributed by atoms with Crippen molar-refractivity contribution in [1.82, 2.24) is 9.71 Å². The van der Waals surface area contributed by atoms with Crippen molar-refractivity contribution >= 4 is 16.0 Å². The molecule has 0 bridgehead atoms. The van der Waals surface area contributed by atoms with Crippen molar-refractivity contribution in [2.45, 2.75) is 18.2 Å². The highest BCUT2D eigenvalue weighted by Crippen LogP contribution is 2.18. The van der Waals surface area contributed by atoms with Crippen LogP contribution in [0.2, 0.25) is 0 Å². The first-order valence-electron chi connectivity index (χ1n) is 4.44. The quantitative estimate of drug-likeness (QED) is 0.726. The van der Waals surface area contributed by atoms with Gasteiger partial charge in [-0.25, -0.2) is 26.7 Å². The number of aromatic amines is 1. The summed E-state index contributed by atoms with van der Waals surface area (Å²) in [6.45, 7) is 0.256. The fourth-order valence-corrected chi connectivity index (χ4v) is 2.45. The predicted octanol–water partition coefficient (Wildman–Crippen LogP) is 0.565. The summed E-state index contributed by atoms with van der Waals surface area (Å²) in [4.78, 5) is 12.6. The van der Waals surface area contributed by atoms with Crippen LogP contribution in [-0.4, -0.2) is 37.4 Å². The van der Waals surface area contributed by atoms with E-state index in [4.69, 9.17) is 5.11 Å². The topological polar surface area (TPSA) is 99.3 Å². The molecule has 9 heteroatoms. The number of carbonyl (C=O) groups is 1. The van der Waals surface area contributed by atoms with Gasteiger partial charge in [-0.2, -0.15) is 0 Å². The molecular formula is C8H10F2N2O4S. The Morgan fingerprint density at radius 2 is 2.18 bits per heavy atom. The van der Waals surface area contributed by atoms with Gasteiger partial charge in [-0.3, -0.25) is 0 Å². The summed E-state index contributed by atoms with van der Waals surface area (Å²) in [6, 6.07) is 0. The Hall–Kier alpha value is -1.48. The lowest BCUT2D eigenvalue weighted by atomic mass is 10.3. The normalized spacial score (nSPS) is 12.0. The van der Waals surface area contributed by atoms with Gasteiger partial charge in [0.2, 0.25) is 10.0 Å². The average Bonchev–Trinajstić information content (AvgIpc) is 2.58. The number of nitrogens with one attached hydrogen (secondary N) is 2. The number of carboxylic acids is 1. The molecule has 0 spiro atoms. The second-order valence-corrected chi connectivity index (χ2v) is 4.94. The van der Waals surface area contributed by atoms with Crippen LogP contribution in [0.5, 0.6) is 0 Å². The zero-order valence-electron chi connectivity index (χ0n) is 8.70. The molecule has 0 unspecified atom stereocenters. The van der Waals surface area contributed by atoms with E-state index in [1.54, 1.807) is 4.72 Å². The smallest absolute Gasteiger partial charge is 0.352 e. The highest BCUT2D eigenvalue weighted by molar-refractivity contribution is 7.89. The minimum absolute atomic E-state index is 0.0285. The lowest BCUT2D eigenvalue weighted by molar-refractivity contribution is 0.0690. The average molecular weight is 268 g/mol. The number of halogens is 2. The first-order chi connectivity index (χ1) is 7.75. The zero-order chi connectivity index (χ0) is 13.2. The molecule has 3 N–H and O–H groups in total. The third-order valence-corrected chi connectivity index (χ3v) is 3.57. The molecule has 1 aromatic rings. The van der Waals surface area contributed by atoms with Crippen molar-refractivity contribution < 1.29 is 27.1 Å². The Kier molecular flexibility index (Phi) is 3.83. The van der Waals surface area contributed by atoms with E-state index in [0.29, 0.717) is 0 Å². The summed E-state index contributed by atoms with van der Waals surface area (Å²) in [5, 5.41) is 8.70. The van der Waals surface area contributed by atoms with Crippen molar-refractivity contribution in [2.75, 3.05) is 6.54 Å². The summed E-state index contributed by atoms with van der Waals surface area (Å²) < 4.78 is 48.5. The summed E-state index contributed by atoms with van der Waals surface area (Å²) in [5.41, 5.74) is -0.318. The maximum atomic E-state index is 11.9.